The van der Waals surface area contributed by atoms with Crippen molar-refractivity contribution in [2.45, 2.75) is 0 Å². The van der Waals surface area contributed by atoms with E-state index in [0.717, 1.165) is 27.1 Å². The van der Waals surface area contributed by atoms with Gasteiger partial charge in [0.2, 0.25) is 0 Å². The number of thiazole rings is 1. The fourth-order valence-electron chi connectivity index (χ4n) is 3.06. The largest absolute Gasteiger partial charge is 0.497 e. The van der Waals surface area contributed by atoms with E-state index in [4.69, 9.17) is 4.74 Å². The molecule has 4 rings (SSSR count). The Bertz CT molecular complexity index is 1300. The smallest absolute Gasteiger partial charge is 0.266 e. The second kappa shape index (κ2) is 8.60. The Morgan fingerprint density at radius 2 is 1.93 bits per heavy atom. The third-order valence-electron chi connectivity index (χ3n) is 4.53. The zero-order chi connectivity index (χ0) is 20.9. The minimum Gasteiger partial charge on any atom is -0.497 e. The highest BCUT2D eigenvalue weighted by Gasteiger charge is 2.13. The highest BCUT2D eigenvalue weighted by molar-refractivity contribution is 7.13. The van der Waals surface area contributed by atoms with Crippen LogP contribution in [0.5, 0.6) is 5.75 Å². The first-order valence-corrected chi connectivity index (χ1v) is 10.1. The van der Waals surface area contributed by atoms with Gasteiger partial charge in [-0.05, 0) is 29.7 Å². The molecule has 1 amide bonds. The Hall–Kier alpha value is -3.95. The Morgan fingerprint density at radius 1 is 1.13 bits per heavy atom. The van der Waals surface area contributed by atoms with Crippen molar-refractivity contribution >= 4 is 39.8 Å². The first-order valence-electron chi connectivity index (χ1n) is 9.19. The number of rotatable bonds is 5. The molecule has 6 heteroatoms. The molecular weight excluding hydrogens is 394 g/mol. The van der Waals surface area contributed by atoms with E-state index in [1.54, 1.807) is 7.11 Å². The summed E-state index contributed by atoms with van der Waals surface area (Å²) in [5.41, 5.74) is 2.13. The molecule has 0 unspecified atom stereocenters. The van der Waals surface area contributed by atoms with E-state index in [1.807, 2.05) is 78.2 Å². The number of hydrogen-bond donors (Lipinski definition) is 1. The van der Waals surface area contributed by atoms with E-state index in [9.17, 15) is 10.1 Å². The maximum Gasteiger partial charge on any atom is 0.266 e. The number of benzene rings is 3. The SMILES string of the molecule is COc1cccc(-c2nc(/C=C(\C#N)C(=O)Nc3cccc4ccccc34)cs2)c1. The maximum absolute atomic E-state index is 12.7. The van der Waals surface area contributed by atoms with Gasteiger partial charge < -0.3 is 10.1 Å². The van der Waals surface area contributed by atoms with Gasteiger partial charge in [0.25, 0.3) is 5.91 Å². The Morgan fingerprint density at radius 3 is 2.77 bits per heavy atom. The van der Waals surface area contributed by atoms with Crippen LogP contribution in [-0.2, 0) is 4.79 Å². The van der Waals surface area contributed by atoms with Crippen molar-refractivity contribution in [1.82, 2.24) is 4.98 Å². The van der Waals surface area contributed by atoms with Crippen LogP contribution in [0.4, 0.5) is 5.69 Å². The summed E-state index contributed by atoms with van der Waals surface area (Å²) in [6.45, 7) is 0. The van der Waals surface area contributed by atoms with E-state index < -0.39 is 5.91 Å². The molecule has 4 aromatic rings. The fourth-order valence-corrected chi connectivity index (χ4v) is 3.84. The fraction of sp³-hybridized carbons (Fsp3) is 0.0417. The monoisotopic (exact) mass is 411 g/mol. The number of amides is 1. The average molecular weight is 411 g/mol. The van der Waals surface area contributed by atoms with Gasteiger partial charge in [-0.15, -0.1) is 11.3 Å². The number of fused-ring (bicyclic) bond motifs is 1. The molecule has 3 aromatic carbocycles. The molecule has 0 spiro atoms. The third-order valence-corrected chi connectivity index (χ3v) is 5.44. The van der Waals surface area contributed by atoms with Crippen LogP contribution in [0.25, 0.3) is 27.4 Å². The van der Waals surface area contributed by atoms with Crippen LogP contribution < -0.4 is 10.1 Å². The molecule has 0 aliphatic carbocycles. The number of carbonyl (C=O) groups excluding carboxylic acids is 1. The van der Waals surface area contributed by atoms with Gasteiger partial charge >= 0.3 is 0 Å². The van der Waals surface area contributed by atoms with Crippen molar-refractivity contribution < 1.29 is 9.53 Å². The van der Waals surface area contributed by atoms with Crippen LogP contribution >= 0.6 is 11.3 Å². The van der Waals surface area contributed by atoms with Crippen LogP contribution in [0, 0.1) is 11.3 Å². The van der Waals surface area contributed by atoms with Gasteiger partial charge in [-0.25, -0.2) is 4.98 Å². The minimum absolute atomic E-state index is 0.00886. The summed E-state index contributed by atoms with van der Waals surface area (Å²) in [6.07, 6.45) is 1.50. The minimum atomic E-state index is -0.468. The van der Waals surface area contributed by atoms with E-state index >= 15 is 0 Å². The predicted molar refractivity (Wildman–Crippen MR) is 120 cm³/mol. The second-order valence-electron chi connectivity index (χ2n) is 6.46. The molecule has 0 radical (unpaired) electrons. The van der Waals surface area contributed by atoms with Crippen molar-refractivity contribution in [2.75, 3.05) is 12.4 Å². The second-order valence-corrected chi connectivity index (χ2v) is 7.32. The van der Waals surface area contributed by atoms with Gasteiger partial charge in [-0.3, -0.25) is 4.79 Å². The van der Waals surface area contributed by atoms with E-state index in [1.165, 1.54) is 17.4 Å². The van der Waals surface area contributed by atoms with Crippen LogP contribution in [0.1, 0.15) is 5.69 Å². The highest BCUT2D eigenvalue weighted by Crippen LogP contribution is 2.28. The predicted octanol–water partition coefficient (Wildman–Crippen LogP) is 5.52. The summed E-state index contributed by atoms with van der Waals surface area (Å²) in [7, 11) is 1.61. The number of carbonyl (C=O) groups is 1. The summed E-state index contributed by atoms with van der Waals surface area (Å²) in [5.74, 6) is 0.275. The van der Waals surface area contributed by atoms with Crippen molar-refractivity contribution in [2.24, 2.45) is 0 Å². The lowest BCUT2D eigenvalue weighted by Gasteiger charge is -2.08. The molecule has 30 heavy (non-hydrogen) atoms. The Labute approximate surface area is 177 Å². The molecule has 0 aliphatic heterocycles. The molecule has 5 nitrogen and oxygen atoms in total. The van der Waals surface area contributed by atoms with Gasteiger partial charge in [-0.1, -0.05) is 48.5 Å². The van der Waals surface area contributed by atoms with Gasteiger partial charge in [0.1, 0.15) is 22.4 Å². The molecule has 1 heterocycles. The van der Waals surface area contributed by atoms with E-state index in [0.29, 0.717) is 11.4 Å². The Balaban J connectivity index is 1.58. The standard InChI is InChI=1S/C24H17N3O2S/c1-29-20-9-4-8-17(13-20)24-26-19(15-30-24)12-18(14-25)23(28)27-22-11-5-7-16-6-2-3-10-21(16)22/h2-13,15H,1H3,(H,27,28)/b18-12+. The van der Waals surface area contributed by atoms with Crippen LogP contribution in [0.3, 0.4) is 0 Å². The first-order chi connectivity index (χ1) is 14.7. The molecule has 1 N–H and O–H groups in total. The lowest BCUT2D eigenvalue weighted by atomic mass is 10.1. The zero-order valence-electron chi connectivity index (χ0n) is 16.1. The highest BCUT2D eigenvalue weighted by atomic mass is 32.1. The summed E-state index contributed by atoms with van der Waals surface area (Å²) >= 11 is 1.44. The number of anilines is 1. The van der Waals surface area contributed by atoms with Crippen molar-refractivity contribution in [1.29, 1.82) is 5.26 Å². The van der Waals surface area contributed by atoms with Gasteiger partial charge in [0, 0.05) is 22.0 Å². The number of hydrogen-bond acceptors (Lipinski definition) is 5. The molecule has 1 aromatic heterocycles. The third kappa shape index (κ3) is 4.07. The van der Waals surface area contributed by atoms with Crippen molar-refractivity contribution in [3.8, 4) is 22.4 Å². The molecular formula is C24H17N3O2S. The van der Waals surface area contributed by atoms with E-state index in [2.05, 4.69) is 10.3 Å². The normalized spacial score (nSPS) is 11.1. The molecule has 0 saturated heterocycles. The number of nitriles is 1. The molecule has 0 aliphatic rings. The lowest BCUT2D eigenvalue weighted by molar-refractivity contribution is -0.112. The summed E-state index contributed by atoms with van der Waals surface area (Å²) in [5, 5.41) is 16.9. The van der Waals surface area contributed by atoms with Crippen molar-refractivity contribution in [3.63, 3.8) is 0 Å². The summed E-state index contributed by atoms with van der Waals surface area (Å²) < 4.78 is 5.25. The lowest BCUT2D eigenvalue weighted by Crippen LogP contribution is -2.13. The molecule has 0 fully saturated rings. The molecule has 0 atom stereocenters. The maximum atomic E-state index is 12.7. The van der Waals surface area contributed by atoms with Crippen molar-refractivity contribution in [3.05, 3.63) is 83.4 Å². The number of nitrogens with zero attached hydrogens (tertiary/aromatic N) is 2. The molecule has 146 valence electrons. The van der Waals surface area contributed by atoms with Gasteiger partial charge in [-0.2, -0.15) is 5.26 Å². The average Bonchev–Trinajstić information content (AvgIpc) is 3.26. The number of methoxy groups -OCH3 is 1. The summed E-state index contributed by atoms with van der Waals surface area (Å²) in [6, 6.07) is 23.0. The summed E-state index contributed by atoms with van der Waals surface area (Å²) in [4.78, 5) is 17.2. The Kier molecular flexibility index (Phi) is 5.55. The first kappa shape index (κ1) is 19.4. The van der Waals surface area contributed by atoms with Crippen LogP contribution in [-0.4, -0.2) is 18.0 Å². The zero-order valence-corrected chi connectivity index (χ0v) is 16.9. The number of ether oxygens (including phenoxy) is 1. The van der Waals surface area contributed by atoms with Crippen LogP contribution in [0.15, 0.2) is 77.7 Å². The molecule has 0 saturated carbocycles. The topological polar surface area (TPSA) is 75.0 Å². The molecule has 0 bridgehead atoms. The number of nitrogens with one attached hydrogen (secondary N) is 1. The van der Waals surface area contributed by atoms with Crippen LogP contribution in [0.2, 0.25) is 0 Å². The van der Waals surface area contributed by atoms with Gasteiger partial charge in [0.15, 0.2) is 0 Å². The quantitative estimate of drug-likeness (QED) is 0.347. The number of aromatic nitrogens is 1. The van der Waals surface area contributed by atoms with E-state index in [-0.39, 0.29) is 5.57 Å². The van der Waals surface area contributed by atoms with Gasteiger partial charge in [0.05, 0.1) is 12.8 Å².